The molecule has 0 saturated carbocycles. The van der Waals surface area contributed by atoms with Gasteiger partial charge >= 0.3 is 0 Å². The highest BCUT2D eigenvalue weighted by molar-refractivity contribution is 5.76. The van der Waals surface area contributed by atoms with Crippen molar-refractivity contribution in [2.24, 2.45) is 4.99 Å². The van der Waals surface area contributed by atoms with E-state index in [1.54, 1.807) is 0 Å². The number of aliphatic imine (C=N–C) groups is 1. The molecule has 3 heteroatoms. The Balaban J connectivity index is 1.89. The smallest absolute Gasteiger partial charge is 0.200 e. The summed E-state index contributed by atoms with van der Waals surface area (Å²) in [6.45, 7) is 9.22. The lowest BCUT2D eigenvalue weighted by Gasteiger charge is -2.36. The van der Waals surface area contributed by atoms with Crippen LogP contribution in [0.15, 0.2) is 17.1 Å². The van der Waals surface area contributed by atoms with E-state index in [0.29, 0.717) is 4.48 Å². The Morgan fingerprint density at radius 1 is 0.828 bits per heavy atom. The molecule has 29 heavy (non-hydrogen) atoms. The number of hydrogen-bond donors (Lipinski definition) is 1. The predicted octanol–water partition coefficient (Wildman–Crippen LogP) is 7.39. The molecule has 0 aromatic rings. The molecule has 1 heterocycles. The fourth-order valence-electron chi connectivity index (χ4n) is 4.64. The van der Waals surface area contributed by atoms with Crippen LogP contribution >= 0.6 is 0 Å². The molecule has 1 aliphatic heterocycles. The van der Waals surface area contributed by atoms with E-state index < -0.39 is 0 Å². The Bertz CT molecular complexity index is 444. The second-order valence-corrected chi connectivity index (χ2v) is 9.05. The first-order chi connectivity index (χ1) is 14.2. The maximum Gasteiger partial charge on any atom is 0.200 e. The Morgan fingerprint density at radius 2 is 1.34 bits per heavy atom. The fraction of sp³-hybridized carbons (Fsp3) is 0.885. The molecule has 1 rings (SSSR count). The van der Waals surface area contributed by atoms with Gasteiger partial charge in [0.25, 0.3) is 0 Å². The summed E-state index contributed by atoms with van der Waals surface area (Å²) >= 11 is 0. The number of unbranched alkanes of at least 4 members (excludes halogenated alkanes) is 13. The summed E-state index contributed by atoms with van der Waals surface area (Å²) in [5, 5.41) is 10.2. The minimum atomic E-state index is -0.317. The van der Waals surface area contributed by atoms with Crippen LogP contribution in [0.25, 0.3) is 0 Å². The van der Waals surface area contributed by atoms with E-state index in [1.807, 2.05) is 6.92 Å². The molecular weight excluding hydrogens is 356 g/mol. The highest BCUT2D eigenvalue weighted by Crippen LogP contribution is 2.23. The molecule has 0 amide bonds. The van der Waals surface area contributed by atoms with Crippen molar-refractivity contribution in [3.8, 4) is 0 Å². The van der Waals surface area contributed by atoms with Crippen LogP contribution in [0.4, 0.5) is 0 Å². The van der Waals surface area contributed by atoms with Gasteiger partial charge in [0, 0.05) is 13.3 Å². The van der Waals surface area contributed by atoms with E-state index in [4.69, 9.17) is 4.99 Å². The number of quaternary nitrogens is 1. The Labute approximate surface area is 182 Å². The summed E-state index contributed by atoms with van der Waals surface area (Å²) in [5.41, 5.74) is 0. The zero-order valence-electron chi connectivity index (χ0n) is 20.0. The molecule has 0 bridgehead atoms. The Hall–Kier alpha value is -0.670. The molecule has 0 fully saturated rings. The third kappa shape index (κ3) is 10.8. The van der Waals surface area contributed by atoms with Crippen LogP contribution in [-0.2, 0) is 0 Å². The summed E-state index contributed by atoms with van der Waals surface area (Å²) in [7, 11) is 0. The van der Waals surface area contributed by atoms with Crippen molar-refractivity contribution in [3.63, 3.8) is 0 Å². The van der Waals surface area contributed by atoms with Crippen LogP contribution in [0.1, 0.15) is 124 Å². The number of aliphatic hydroxyl groups is 1. The van der Waals surface area contributed by atoms with Crippen LogP contribution in [0.5, 0.6) is 0 Å². The number of allylic oxidation sites excluding steroid dienone is 2. The number of nitrogens with zero attached hydrogens (tertiary/aromatic N) is 2. The van der Waals surface area contributed by atoms with Crippen molar-refractivity contribution in [1.29, 1.82) is 0 Å². The van der Waals surface area contributed by atoms with Crippen LogP contribution in [-0.4, -0.2) is 41.3 Å². The van der Waals surface area contributed by atoms with Gasteiger partial charge in [-0.05, 0) is 39.0 Å². The largest absolute Gasteiger partial charge is 0.345 e. The standard InChI is InChI=1S/C26H51N2O/c1-4-6-7-8-9-10-11-12-13-14-15-16-17-18-19-20-21-22-26-27-23-24-28(26,5-2)25(3)29/h10-11,25,29H,4-9,12-24H2,1-3H3/q+1/b11-10+. The number of aliphatic hydroxyl groups excluding tert-OH is 1. The normalized spacial score (nSPS) is 20.5. The minimum Gasteiger partial charge on any atom is -0.345 e. The SMILES string of the molecule is CCCCCC/C=C/CCCCCCCCCCCC1=NCC[N+]1(CC)C(C)O. The molecular formula is C26H51N2O+. The van der Waals surface area contributed by atoms with Crippen molar-refractivity contribution < 1.29 is 9.59 Å². The molecule has 0 radical (unpaired) electrons. The molecule has 0 spiro atoms. The summed E-state index contributed by atoms with van der Waals surface area (Å²) in [5.74, 6) is 1.25. The van der Waals surface area contributed by atoms with E-state index in [1.165, 1.54) is 102 Å². The van der Waals surface area contributed by atoms with Gasteiger partial charge in [0.05, 0.1) is 13.1 Å². The lowest BCUT2D eigenvalue weighted by Crippen LogP contribution is -2.56. The van der Waals surface area contributed by atoms with Crippen LogP contribution in [0, 0.1) is 0 Å². The third-order valence-corrected chi connectivity index (χ3v) is 6.75. The first-order valence-electron chi connectivity index (χ1n) is 12.9. The van der Waals surface area contributed by atoms with Gasteiger partial charge in [-0.2, -0.15) is 0 Å². The molecule has 0 aromatic heterocycles. The van der Waals surface area contributed by atoms with Gasteiger partial charge in [-0.1, -0.05) is 83.3 Å². The number of rotatable bonds is 19. The maximum absolute atomic E-state index is 10.2. The number of amidine groups is 1. The van der Waals surface area contributed by atoms with Gasteiger partial charge in [0.15, 0.2) is 6.23 Å². The minimum absolute atomic E-state index is 0.317. The molecule has 2 atom stereocenters. The van der Waals surface area contributed by atoms with Crippen molar-refractivity contribution in [1.82, 2.24) is 0 Å². The summed E-state index contributed by atoms with van der Waals surface area (Å²) in [4.78, 5) is 4.72. The van der Waals surface area contributed by atoms with E-state index >= 15 is 0 Å². The summed E-state index contributed by atoms with van der Waals surface area (Å²) in [6.07, 6.45) is 25.9. The lowest BCUT2D eigenvalue weighted by molar-refractivity contribution is -0.882. The molecule has 0 aliphatic carbocycles. The summed E-state index contributed by atoms with van der Waals surface area (Å²) in [6, 6.07) is 0. The van der Waals surface area contributed by atoms with E-state index in [0.717, 1.165) is 26.1 Å². The number of hydrogen-bond acceptors (Lipinski definition) is 2. The molecule has 1 N–H and O–H groups in total. The highest BCUT2D eigenvalue weighted by Gasteiger charge is 2.40. The average molecular weight is 408 g/mol. The van der Waals surface area contributed by atoms with Crippen molar-refractivity contribution in [3.05, 3.63) is 12.2 Å². The summed E-state index contributed by atoms with van der Waals surface area (Å²) < 4.78 is 0.716. The monoisotopic (exact) mass is 407 g/mol. The Kier molecular flexibility index (Phi) is 15.5. The van der Waals surface area contributed by atoms with Gasteiger partial charge in [-0.3, -0.25) is 4.48 Å². The first kappa shape index (κ1) is 26.4. The van der Waals surface area contributed by atoms with Gasteiger partial charge in [0.2, 0.25) is 5.84 Å². The van der Waals surface area contributed by atoms with E-state index in [2.05, 4.69) is 26.0 Å². The molecule has 0 aromatic carbocycles. The highest BCUT2D eigenvalue weighted by atomic mass is 16.3. The van der Waals surface area contributed by atoms with Crippen molar-refractivity contribution >= 4 is 5.84 Å². The van der Waals surface area contributed by atoms with Crippen LogP contribution < -0.4 is 0 Å². The molecule has 170 valence electrons. The van der Waals surface area contributed by atoms with Crippen LogP contribution in [0.2, 0.25) is 0 Å². The van der Waals surface area contributed by atoms with Crippen molar-refractivity contribution in [2.75, 3.05) is 19.6 Å². The zero-order chi connectivity index (χ0) is 21.2. The van der Waals surface area contributed by atoms with E-state index in [9.17, 15) is 5.11 Å². The zero-order valence-corrected chi connectivity index (χ0v) is 20.0. The van der Waals surface area contributed by atoms with Gasteiger partial charge in [-0.15, -0.1) is 0 Å². The quantitative estimate of drug-likeness (QED) is 0.135. The molecule has 3 nitrogen and oxygen atoms in total. The van der Waals surface area contributed by atoms with Gasteiger partial charge < -0.3 is 5.11 Å². The van der Waals surface area contributed by atoms with Gasteiger partial charge in [0.1, 0.15) is 6.54 Å². The second kappa shape index (κ2) is 17.1. The predicted molar refractivity (Wildman–Crippen MR) is 128 cm³/mol. The molecule has 2 unspecified atom stereocenters. The fourth-order valence-corrected chi connectivity index (χ4v) is 4.64. The Morgan fingerprint density at radius 3 is 1.86 bits per heavy atom. The maximum atomic E-state index is 10.2. The number of likely N-dealkylation sites (N-methyl/N-ethyl adjacent to an activating group) is 1. The molecule has 0 saturated heterocycles. The van der Waals surface area contributed by atoms with Crippen molar-refractivity contribution in [2.45, 2.75) is 130 Å². The third-order valence-electron chi connectivity index (χ3n) is 6.75. The van der Waals surface area contributed by atoms with E-state index in [-0.39, 0.29) is 6.23 Å². The van der Waals surface area contributed by atoms with Gasteiger partial charge in [-0.25, -0.2) is 4.99 Å². The lowest BCUT2D eigenvalue weighted by atomic mass is 10.0. The molecule has 1 aliphatic rings. The topological polar surface area (TPSA) is 32.6 Å². The van der Waals surface area contributed by atoms with Crippen LogP contribution in [0.3, 0.4) is 0 Å². The first-order valence-corrected chi connectivity index (χ1v) is 12.9. The average Bonchev–Trinajstić information content (AvgIpc) is 3.14. The second-order valence-electron chi connectivity index (χ2n) is 9.05.